The van der Waals surface area contributed by atoms with Gasteiger partial charge in [-0.05, 0) is 35.9 Å². The van der Waals surface area contributed by atoms with Gasteiger partial charge in [-0.15, -0.1) is 0 Å². The van der Waals surface area contributed by atoms with E-state index >= 15 is 0 Å². The fraction of sp³-hybridized carbons (Fsp3) is 0.0667. The third-order valence-electron chi connectivity index (χ3n) is 2.73. The highest BCUT2D eigenvalue weighted by atomic mass is 35.5. The van der Waals surface area contributed by atoms with E-state index in [1.54, 1.807) is 24.3 Å². The first-order chi connectivity index (χ1) is 10.1. The van der Waals surface area contributed by atoms with Gasteiger partial charge in [-0.25, -0.2) is 9.18 Å². The highest BCUT2D eigenvalue weighted by Gasteiger charge is 2.10. The molecule has 21 heavy (non-hydrogen) atoms. The van der Waals surface area contributed by atoms with Crippen LogP contribution in [0.2, 0.25) is 5.02 Å². The summed E-state index contributed by atoms with van der Waals surface area (Å²) in [7, 11) is 0. The molecule has 0 aliphatic carbocycles. The topological polar surface area (TPSA) is 58.2 Å². The van der Waals surface area contributed by atoms with E-state index in [2.05, 4.69) is 10.6 Å². The average molecular weight is 307 g/mol. The maximum atomic E-state index is 12.7. The van der Waals surface area contributed by atoms with E-state index in [0.717, 1.165) is 17.7 Å². The van der Waals surface area contributed by atoms with Crippen LogP contribution in [0.5, 0.6) is 0 Å². The van der Waals surface area contributed by atoms with Gasteiger partial charge in [0.2, 0.25) is 0 Å². The second kappa shape index (κ2) is 6.85. The summed E-state index contributed by atoms with van der Waals surface area (Å²) < 4.78 is 12.7. The Bertz CT molecular complexity index is 659. The highest BCUT2D eigenvalue weighted by molar-refractivity contribution is 6.31. The summed E-state index contributed by atoms with van der Waals surface area (Å²) in [4.78, 5) is 23.3. The lowest BCUT2D eigenvalue weighted by Crippen LogP contribution is -2.39. The summed E-state index contributed by atoms with van der Waals surface area (Å²) in [5.41, 5.74) is 0.938. The lowest BCUT2D eigenvalue weighted by molar-refractivity contribution is 0.0964. The molecule has 2 N–H and O–H groups in total. The number of halogens is 2. The zero-order chi connectivity index (χ0) is 15.2. The maximum Gasteiger partial charge on any atom is 0.321 e. The fourth-order valence-corrected chi connectivity index (χ4v) is 1.84. The van der Waals surface area contributed by atoms with E-state index in [0.29, 0.717) is 5.02 Å². The molecule has 0 aliphatic heterocycles. The second-order valence-electron chi connectivity index (χ2n) is 4.24. The Hall–Kier alpha value is -2.40. The Balaban J connectivity index is 1.88. The summed E-state index contributed by atoms with van der Waals surface area (Å²) in [6.45, 7) is 0.197. The van der Waals surface area contributed by atoms with Gasteiger partial charge in [-0.3, -0.25) is 10.1 Å². The molecule has 108 valence electrons. The van der Waals surface area contributed by atoms with Gasteiger partial charge in [0.05, 0.1) is 0 Å². The van der Waals surface area contributed by atoms with Crippen molar-refractivity contribution in [2.75, 3.05) is 0 Å². The van der Waals surface area contributed by atoms with Crippen LogP contribution in [0.15, 0.2) is 48.5 Å². The number of rotatable bonds is 3. The van der Waals surface area contributed by atoms with Gasteiger partial charge in [0, 0.05) is 17.1 Å². The zero-order valence-electron chi connectivity index (χ0n) is 10.9. The van der Waals surface area contributed by atoms with Crippen molar-refractivity contribution < 1.29 is 14.0 Å². The van der Waals surface area contributed by atoms with E-state index in [4.69, 9.17) is 11.6 Å². The minimum Gasteiger partial charge on any atom is -0.334 e. The lowest BCUT2D eigenvalue weighted by Gasteiger charge is -2.08. The first kappa shape index (κ1) is 15.0. The van der Waals surface area contributed by atoms with Gasteiger partial charge >= 0.3 is 6.03 Å². The number of hydrogen-bond donors (Lipinski definition) is 2. The third kappa shape index (κ3) is 4.29. The van der Waals surface area contributed by atoms with Crippen LogP contribution in [0, 0.1) is 5.82 Å². The molecule has 6 heteroatoms. The zero-order valence-corrected chi connectivity index (χ0v) is 11.7. The summed E-state index contributed by atoms with van der Waals surface area (Å²) in [5, 5.41) is 5.20. The molecule has 2 aromatic carbocycles. The number of benzene rings is 2. The van der Waals surface area contributed by atoms with Crippen LogP contribution in [0.3, 0.4) is 0 Å². The van der Waals surface area contributed by atoms with Gasteiger partial charge in [0.25, 0.3) is 5.91 Å². The normalized spacial score (nSPS) is 10.0. The van der Waals surface area contributed by atoms with Crippen LogP contribution >= 0.6 is 11.6 Å². The molecular weight excluding hydrogens is 295 g/mol. The van der Waals surface area contributed by atoms with E-state index in [9.17, 15) is 14.0 Å². The standard InChI is InChI=1S/C15H12ClFN2O2/c16-13-4-2-1-3-11(13)9-18-15(21)19-14(20)10-5-7-12(17)8-6-10/h1-8H,9H2,(H2,18,19,20,21). The first-order valence-electron chi connectivity index (χ1n) is 6.14. The molecule has 0 spiro atoms. The molecule has 0 radical (unpaired) electrons. The molecule has 0 bridgehead atoms. The summed E-state index contributed by atoms with van der Waals surface area (Å²) in [5.74, 6) is -1.05. The second-order valence-corrected chi connectivity index (χ2v) is 4.64. The monoisotopic (exact) mass is 306 g/mol. The van der Waals surface area contributed by atoms with E-state index in [1.807, 2.05) is 0 Å². The van der Waals surface area contributed by atoms with Gasteiger partial charge in [0.15, 0.2) is 0 Å². The Morgan fingerprint density at radius 3 is 2.38 bits per heavy atom. The molecule has 4 nitrogen and oxygen atoms in total. The van der Waals surface area contributed by atoms with Gasteiger partial charge in [0.1, 0.15) is 5.82 Å². The Morgan fingerprint density at radius 1 is 1.05 bits per heavy atom. The van der Waals surface area contributed by atoms with E-state index < -0.39 is 17.8 Å². The van der Waals surface area contributed by atoms with Crippen molar-refractivity contribution in [2.45, 2.75) is 6.54 Å². The molecule has 0 aromatic heterocycles. The minimum absolute atomic E-state index is 0.197. The van der Waals surface area contributed by atoms with Crippen molar-refractivity contribution in [1.82, 2.24) is 10.6 Å². The number of amides is 3. The molecule has 2 aromatic rings. The van der Waals surface area contributed by atoms with Crippen molar-refractivity contribution in [3.63, 3.8) is 0 Å². The molecule has 0 atom stereocenters. The van der Waals surface area contributed by atoms with Crippen molar-refractivity contribution in [3.05, 3.63) is 70.5 Å². The summed E-state index contributed by atoms with van der Waals surface area (Å²) >= 11 is 5.95. The van der Waals surface area contributed by atoms with Gasteiger partial charge in [-0.2, -0.15) is 0 Å². The van der Waals surface area contributed by atoms with Crippen LogP contribution in [0.1, 0.15) is 15.9 Å². The van der Waals surface area contributed by atoms with Gasteiger partial charge in [-0.1, -0.05) is 29.8 Å². The van der Waals surface area contributed by atoms with Gasteiger partial charge < -0.3 is 5.32 Å². The molecule has 0 unspecified atom stereocenters. The minimum atomic E-state index is -0.649. The highest BCUT2D eigenvalue weighted by Crippen LogP contribution is 2.14. The average Bonchev–Trinajstić information content (AvgIpc) is 2.47. The number of urea groups is 1. The van der Waals surface area contributed by atoms with E-state index in [1.165, 1.54) is 12.1 Å². The van der Waals surface area contributed by atoms with Crippen molar-refractivity contribution >= 4 is 23.5 Å². The Morgan fingerprint density at radius 2 is 1.71 bits per heavy atom. The molecular formula is C15H12ClFN2O2. The molecule has 0 saturated carbocycles. The van der Waals surface area contributed by atoms with E-state index in [-0.39, 0.29) is 12.1 Å². The third-order valence-corrected chi connectivity index (χ3v) is 3.10. The smallest absolute Gasteiger partial charge is 0.321 e. The molecule has 2 rings (SSSR count). The predicted molar refractivity (Wildman–Crippen MR) is 77.6 cm³/mol. The number of nitrogens with one attached hydrogen (secondary N) is 2. The molecule has 0 saturated heterocycles. The predicted octanol–water partition coefficient (Wildman–Crippen LogP) is 3.12. The number of carbonyl (C=O) groups excluding carboxylic acids is 2. The number of hydrogen-bond acceptors (Lipinski definition) is 2. The largest absolute Gasteiger partial charge is 0.334 e. The summed E-state index contributed by atoms with van der Waals surface area (Å²) in [6.07, 6.45) is 0. The van der Waals surface area contributed by atoms with Crippen LogP contribution in [0.4, 0.5) is 9.18 Å². The number of imide groups is 1. The molecule has 3 amide bonds. The molecule has 0 heterocycles. The fourth-order valence-electron chi connectivity index (χ4n) is 1.64. The van der Waals surface area contributed by atoms with Crippen LogP contribution in [-0.2, 0) is 6.54 Å². The van der Waals surface area contributed by atoms with Crippen LogP contribution in [0.25, 0.3) is 0 Å². The molecule has 0 aliphatic rings. The van der Waals surface area contributed by atoms with Crippen molar-refractivity contribution in [2.24, 2.45) is 0 Å². The Labute approximate surface area is 125 Å². The first-order valence-corrected chi connectivity index (χ1v) is 6.52. The SMILES string of the molecule is O=C(NCc1ccccc1Cl)NC(=O)c1ccc(F)cc1. The number of carbonyl (C=O) groups is 2. The maximum absolute atomic E-state index is 12.7. The van der Waals surface area contributed by atoms with Crippen molar-refractivity contribution in [1.29, 1.82) is 0 Å². The Kier molecular flexibility index (Phi) is 4.90. The lowest BCUT2D eigenvalue weighted by atomic mass is 10.2. The summed E-state index contributed by atoms with van der Waals surface area (Å²) in [6, 6.07) is 11.3. The van der Waals surface area contributed by atoms with Crippen LogP contribution in [-0.4, -0.2) is 11.9 Å². The quantitative estimate of drug-likeness (QED) is 0.915. The molecule has 0 fully saturated rings. The van der Waals surface area contributed by atoms with Crippen molar-refractivity contribution in [3.8, 4) is 0 Å². The van der Waals surface area contributed by atoms with Crippen LogP contribution < -0.4 is 10.6 Å².